The molecule has 0 unspecified atom stereocenters. The number of benzene rings is 1. The molecule has 4 aromatic rings. The van der Waals surface area contributed by atoms with E-state index in [2.05, 4.69) is 45.5 Å². The summed E-state index contributed by atoms with van der Waals surface area (Å²) in [6.07, 6.45) is 6.61. The number of methoxy groups -OCH3 is 1. The Kier molecular flexibility index (Phi) is 5.62. The third-order valence-corrected chi connectivity index (χ3v) is 6.22. The third-order valence-electron chi connectivity index (χ3n) is 6.22. The number of aryl methyl sites for hydroxylation is 1. The van der Waals surface area contributed by atoms with Crippen molar-refractivity contribution in [2.45, 2.75) is 31.6 Å². The molecular formula is C25H26N4O3. The number of H-pyrrole nitrogens is 1. The minimum absolute atomic E-state index is 0.145. The molecule has 1 aromatic carbocycles. The number of carbonyl (C=O) groups is 1. The van der Waals surface area contributed by atoms with E-state index in [1.54, 1.807) is 13.2 Å². The zero-order chi connectivity index (χ0) is 21.9. The van der Waals surface area contributed by atoms with E-state index in [1.165, 1.54) is 16.6 Å². The Bertz CT molecular complexity index is 1210. The summed E-state index contributed by atoms with van der Waals surface area (Å²) in [6, 6.07) is 14.2. The number of piperidine rings is 1. The van der Waals surface area contributed by atoms with Crippen LogP contribution in [0.2, 0.25) is 0 Å². The standard InChI is InChI=1S/C25H26N4O3/c1-31-22-15-19(32-28-22)8-9-23(30)29-14-4-5-18(16-29)25-24(17-10-12-26-13-11-17)20-6-2-3-7-21(20)27-25/h2-3,6-7,10-13,15,18,27H,4-5,8-9,14,16H2,1H3/t18-/m0/s1. The average molecular weight is 431 g/mol. The number of likely N-dealkylation sites (tertiary alicyclic amines) is 1. The summed E-state index contributed by atoms with van der Waals surface area (Å²) in [4.78, 5) is 22.8. The van der Waals surface area contributed by atoms with Gasteiger partial charge in [-0.2, -0.15) is 0 Å². The first-order valence-electron chi connectivity index (χ1n) is 11.0. The van der Waals surface area contributed by atoms with Crippen LogP contribution in [-0.2, 0) is 11.2 Å². The molecule has 7 nitrogen and oxygen atoms in total. The molecule has 1 fully saturated rings. The van der Waals surface area contributed by atoms with Crippen molar-refractivity contribution >= 4 is 16.8 Å². The van der Waals surface area contributed by atoms with Gasteiger partial charge in [-0.15, -0.1) is 0 Å². The van der Waals surface area contributed by atoms with Crippen molar-refractivity contribution < 1.29 is 14.1 Å². The highest BCUT2D eigenvalue weighted by Crippen LogP contribution is 2.39. The van der Waals surface area contributed by atoms with Gasteiger partial charge in [0.1, 0.15) is 5.76 Å². The Morgan fingerprint density at radius 1 is 1.25 bits per heavy atom. The lowest BCUT2D eigenvalue weighted by atomic mass is 9.89. The quantitative estimate of drug-likeness (QED) is 0.485. The Labute approximate surface area is 186 Å². The molecule has 4 heterocycles. The van der Waals surface area contributed by atoms with Gasteiger partial charge >= 0.3 is 0 Å². The number of ether oxygens (including phenoxy) is 1. The SMILES string of the molecule is COc1cc(CCC(=O)N2CCC[C@H](c3[nH]c4ccccc4c3-c3ccncc3)C2)on1. The molecule has 32 heavy (non-hydrogen) atoms. The number of pyridine rings is 1. The Balaban J connectivity index is 1.37. The fourth-order valence-corrected chi connectivity index (χ4v) is 4.63. The van der Waals surface area contributed by atoms with Crippen LogP contribution in [0.3, 0.4) is 0 Å². The fraction of sp³-hybridized carbons (Fsp3) is 0.320. The zero-order valence-electron chi connectivity index (χ0n) is 18.1. The van der Waals surface area contributed by atoms with E-state index in [0.29, 0.717) is 31.0 Å². The molecule has 1 atom stereocenters. The largest absolute Gasteiger partial charge is 0.479 e. The fourth-order valence-electron chi connectivity index (χ4n) is 4.63. The van der Waals surface area contributed by atoms with Crippen LogP contribution in [0.15, 0.2) is 59.4 Å². The number of amides is 1. The van der Waals surface area contributed by atoms with Crippen molar-refractivity contribution in [1.82, 2.24) is 20.0 Å². The minimum atomic E-state index is 0.145. The Morgan fingerprint density at radius 3 is 2.91 bits per heavy atom. The Morgan fingerprint density at radius 2 is 2.09 bits per heavy atom. The predicted molar refractivity (Wildman–Crippen MR) is 121 cm³/mol. The second-order valence-electron chi connectivity index (χ2n) is 8.21. The molecule has 164 valence electrons. The van der Waals surface area contributed by atoms with Crippen molar-refractivity contribution in [1.29, 1.82) is 0 Å². The predicted octanol–water partition coefficient (Wildman–Crippen LogP) is 4.57. The number of hydrogen-bond donors (Lipinski definition) is 1. The topological polar surface area (TPSA) is 84.2 Å². The number of para-hydroxylation sites is 1. The maximum atomic E-state index is 13.0. The summed E-state index contributed by atoms with van der Waals surface area (Å²) in [5, 5.41) is 5.01. The lowest BCUT2D eigenvalue weighted by molar-refractivity contribution is -0.132. The first kappa shape index (κ1) is 20.3. The van der Waals surface area contributed by atoms with Gasteiger partial charge in [0.15, 0.2) is 0 Å². The van der Waals surface area contributed by atoms with E-state index in [9.17, 15) is 4.79 Å². The minimum Gasteiger partial charge on any atom is -0.479 e. The number of hydrogen-bond acceptors (Lipinski definition) is 5. The average Bonchev–Trinajstić information content (AvgIpc) is 3.47. The molecule has 1 amide bonds. The summed E-state index contributed by atoms with van der Waals surface area (Å²) >= 11 is 0. The molecule has 3 aromatic heterocycles. The van der Waals surface area contributed by atoms with Gasteiger partial charge in [-0.05, 0) is 41.8 Å². The molecule has 1 aliphatic rings. The molecule has 0 spiro atoms. The zero-order valence-corrected chi connectivity index (χ0v) is 18.1. The van der Waals surface area contributed by atoms with Gasteiger partial charge in [-0.3, -0.25) is 9.78 Å². The van der Waals surface area contributed by atoms with Crippen molar-refractivity contribution in [2.24, 2.45) is 0 Å². The van der Waals surface area contributed by atoms with E-state index in [1.807, 2.05) is 23.4 Å². The second-order valence-corrected chi connectivity index (χ2v) is 8.21. The first-order valence-corrected chi connectivity index (χ1v) is 11.0. The van der Waals surface area contributed by atoms with Gasteiger partial charge in [0.25, 0.3) is 5.88 Å². The van der Waals surface area contributed by atoms with Crippen molar-refractivity contribution in [2.75, 3.05) is 20.2 Å². The summed E-state index contributed by atoms with van der Waals surface area (Å²) in [5.74, 6) is 1.51. The number of fused-ring (bicyclic) bond motifs is 1. The van der Waals surface area contributed by atoms with E-state index in [0.717, 1.165) is 30.5 Å². The van der Waals surface area contributed by atoms with Gasteiger partial charge in [0.2, 0.25) is 5.91 Å². The summed E-state index contributed by atoms with van der Waals surface area (Å²) < 4.78 is 10.3. The van der Waals surface area contributed by atoms with E-state index >= 15 is 0 Å². The summed E-state index contributed by atoms with van der Waals surface area (Å²) in [5.41, 5.74) is 4.69. The third kappa shape index (κ3) is 3.98. The van der Waals surface area contributed by atoms with Gasteiger partial charge in [0.05, 0.1) is 7.11 Å². The molecule has 0 bridgehead atoms. The Hall–Kier alpha value is -3.61. The highest BCUT2D eigenvalue weighted by molar-refractivity contribution is 5.97. The number of carbonyl (C=O) groups excluding carboxylic acids is 1. The highest BCUT2D eigenvalue weighted by Gasteiger charge is 2.28. The maximum Gasteiger partial charge on any atom is 0.254 e. The van der Waals surface area contributed by atoms with Crippen LogP contribution >= 0.6 is 0 Å². The van der Waals surface area contributed by atoms with Crippen LogP contribution < -0.4 is 4.74 Å². The van der Waals surface area contributed by atoms with E-state index in [4.69, 9.17) is 9.26 Å². The molecule has 7 heteroatoms. The number of rotatable bonds is 6. The van der Waals surface area contributed by atoms with Gasteiger partial charge < -0.3 is 19.1 Å². The van der Waals surface area contributed by atoms with E-state index < -0.39 is 0 Å². The molecule has 0 aliphatic carbocycles. The van der Waals surface area contributed by atoms with Crippen LogP contribution in [0, 0.1) is 0 Å². The molecule has 1 aliphatic heterocycles. The van der Waals surface area contributed by atoms with Crippen LogP contribution in [0.1, 0.15) is 36.6 Å². The number of nitrogens with one attached hydrogen (secondary N) is 1. The number of aromatic nitrogens is 3. The number of nitrogens with zero attached hydrogens (tertiary/aromatic N) is 3. The summed E-state index contributed by atoms with van der Waals surface area (Å²) in [6.45, 7) is 1.50. The molecule has 0 radical (unpaired) electrons. The van der Waals surface area contributed by atoms with Gasteiger partial charge in [0, 0.05) is 72.5 Å². The van der Waals surface area contributed by atoms with Crippen LogP contribution in [0.25, 0.3) is 22.0 Å². The smallest absolute Gasteiger partial charge is 0.254 e. The van der Waals surface area contributed by atoms with Crippen LogP contribution in [0.4, 0.5) is 0 Å². The van der Waals surface area contributed by atoms with Crippen LogP contribution in [0.5, 0.6) is 5.88 Å². The van der Waals surface area contributed by atoms with E-state index in [-0.39, 0.29) is 11.8 Å². The van der Waals surface area contributed by atoms with Crippen molar-refractivity contribution in [3.05, 3.63) is 66.3 Å². The maximum absolute atomic E-state index is 13.0. The van der Waals surface area contributed by atoms with Crippen molar-refractivity contribution in [3.8, 4) is 17.0 Å². The van der Waals surface area contributed by atoms with Crippen LogP contribution in [-0.4, -0.2) is 46.1 Å². The molecular weight excluding hydrogens is 404 g/mol. The summed E-state index contributed by atoms with van der Waals surface area (Å²) in [7, 11) is 1.55. The monoisotopic (exact) mass is 430 g/mol. The first-order chi connectivity index (χ1) is 15.7. The lowest BCUT2D eigenvalue weighted by Crippen LogP contribution is -2.39. The molecule has 0 saturated carbocycles. The van der Waals surface area contributed by atoms with Crippen molar-refractivity contribution in [3.63, 3.8) is 0 Å². The molecule has 1 saturated heterocycles. The number of aromatic amines is 1. The second kappa shape index (κ2) is 8.86. The highest BCUT2D eigenvalue weighted by atomic mass is 16.5. The normalized spacial score (nSPS) is 16.4. The lowest BCUT2D eigenvalue weighted by Gasteiger charge is -2.33. The van der Waals surface area contributed by atoms with Gasteiger partial charge in [-0.1, -0.05) is 18.2 Å². The molecule has 5 rings (SSSR count). The molecule has 1 N–H and O–H groups in total. The van der Waals surface area contributed by atoms with Gasteiger partial charge in [-0.25, -0.2) is 0 Å².